The third-order valence-corrected chi connectivity index (χ3v) is 3.63. The molecule has 0 fully saturated rings. The van der Waals surface area contributed by atoms with E-state index in [1.807, 2.05) is 13.8 Å². The molecule has 2 rings (SSSR count). The number of aromatic nitrogens is 1. The SMILES string of the molecule is CCC(CC)NC(=O)Cn1ccc2cccc([N+](=O)[O-])c21. The van der Waals surface area contributed by atoms with E-state index in [0.29, 0.717) is 5.52 Å². The average Bonchev–Trinajstić information content (AvgIpc) is 2.87. The largest absolute Gasteiger partial charge is 0.352 e. The molecule has 0 unspecified atom stereocenters. The highest BCUT2D eigenvalue weighted by molar-refractivity contribution is 5.90. The molecule has 1 aromatic heterocycles. The van der Waals surface area contributed by atoms with Crippen molar-refractivity contribution in [3.63, 3.8) is 0 Å². The van der Waals surface area contributed by atoms with Crippen LogP contribution in [-0.2, 0) is 11.3 Å². The van der Waals surface area contributed by atoms with E-state index in [4.69, 9.17) is 0 Å². The number of carbonyl (C=O) groups is 1. The van der Waals surface area contributed by atoms with Crippen LogP contribution in [0.5, 0.6) is 0 Å². The predicted molar refractivity (Wildman–Crippen MR) is 81.1 cm³/mol. The Morgan fingerprint density at radius 1 is 1.33 bits per heavy atom. The fourth-order valence-electron chi connectivity index (χ4n) is 2.44. The molecular weight excluding hydrogens is 270 g/mol. The minimum absolute atomic E-state index is 0.0211. The van der Waals surface area contributed by atoms with Gasteiger partial charge in [-0.3, -0.25) is 14.9 Å². The Labute approximate surface area is 122 Å². The van der Waals surface area contributed by atoms with Crippen LogP contribution in [-0.4, -0.2) is 21.4 Å². The van der Waals surface area contributed by atoms with Crippen LogP contribution in [0.15, 0.2) is 30.5 Å². The molecule has 112 valence electrons. The second-order valence-electron chi connectivity index (χ2n) is 5.00. The number of nitro benzene ring substituents is 1. The molecule has 0 spiro atoms. The molecule has 0 aliphatic carbocycles. The molecule has 0 radical (unpaired) electrons. The molecule has 1 amide bonds. The summed E-state index contributed by atoms with van der Waals surface area (Å²) in [6.07, 6.45) is 3.45. The molecule has 0 aliphatic heterocycles. The van der Waals surface area contributed by atoms with E-state index in [2.05, 4.69) is 5.32 Å². The molecular formula is C15H19N3O3. The zero-order valence-electron chi connectivity index (χ0n) is 12.2. The van der Waals surface area contributed by atoms with E-state index in [1.165, 1.54) is 6.07 Å². The lowest BCUT2D eigenvalue weighted by Crippen LogP contribution is -2.36. The number of benzene rings is 1. The van der Waals surface area contributed by atoms with Gasteiger partial charge in [0.1, 0.15) is 12.1 Å². The second-order valence-corrected chi connectivity index (χ2v) is 5.00. The Hall–Kier alpha value is -2.37. The first-order valence-electron chi connectivity index (χ1n) is 7.08. The van der Waals surface area contributed by atoms with Crippen molar-refractivity contribution in [3.8, 4) is 0 Å². The number of hydrogen-bond donors (Lipinski definition) is 1. The van der Waals surface area contributed by atoms with Gasteiger partial charge in [0, 0.05) is 23.7 Å². The fraction of sp³-hybridized carbons (Fsp3) is 0.400. The summed E-state index contributed by atoms with van der Waals surface area (Å²) in [4.78, 5) is 22.8. The third-order valence-electron chi connectivity index (χ3n) is 3.63. The summed E-state index contributed by atoms with van der Waals surface area (Å²) in [6, 6.07) is 6.84. The van der Waals surface area contributed by atoms with Crippen molar-refractivity contribution in [2.45, 2.75) is 39.3 Å². The summed E-state index contributed by atoms with van der Waals surface area (Å²) in [7, 11) is 0. The molecule has 1 heterocycles. The van der Waals surface area contributed by atoms with E-state index >= 15 is 0 Å². The normalized spacial score (nSPS) is 11.0. The van der Waals surface area contributed by atoms with Gasteiger partial charge >= 0.3 is 0 Å². The number of nitro groups is 1. The fourth-order valence-corrected chi connectivity index (χ4v) is 2.44. The van der Waals surface area contributed by atoms with Crippen molar-refractivity contribution >= 4 is 22.5 Å². The standard InChI is InChI=1S/C15H19N3O3/c1-3-12(4-2)16-14(19)10-17-9-8-11-6-5-7-13(15(11)17)18(20)21/h5-9,12H,3-4,10H2,1-2H3,(H,16,19). The van der Waals surface area contributed by atoms with Gasteiger partial charge in [-0.05, 0) is 18.9 Å². The van der Waals surface area contributed by atoms with Gasteiger partial charge in [0.25, 0.3) is 5.69 Å². The van der Waals surface area contributed by atoms with Crippen LogP contribution in [0.25, 0.3) is 10.9 Å². The Bertz CT molecular complexity index is 659. The van der Waals surface area contributed by atoms with Gasteiger partial charge in [-0.1, -0.05) is 26.0 Å². The molecule has 0 bridgehead atoms. The number of hydrogen-bond acceptors (Lipinski definition) is 3. The van der Waals surface area contributed by atoms with Crippen LogP contribution in [0.3, 0.4) is 0 Å². The summed E-state index contributed by atoms with van der Waals surface area (Å²) >= 11 is 0. The first-order chi connectivity index (χ1) is 10.1. The molecule has 0 saturated carbocycles. The van der Waals surface area contributed by atoms with Gasteiger partial charge < -0.3 is 9.88 Å². The van der Waals surface area contributed by atoms with Gasteiger partial charge in [-0.25, -0.2) is 0 Å². The smallest absolute Gasteiger partial charge is 0.293 e. The van der Waals surface area contributed by atoms with Crippen LogP contribution in [0, 0.1) is 10.1 Å². The van der Waals surface area contributed by atoms with Gasteiger partial charge in [-0.15, -0.1) is 0 Å². The van der Waals surface area contributed by atoms with Crippen molar-refractivity contribution in [2.24, 2.45) is 0 Å². The summed E-state index contributed by atoms with van der Waals surface area (Å²) in [5.41, 5.74) is 0.509. The lowest BCUT2D eigenvalue weighted by atomic mass is 10.2. The van der Waals surface area contributed by atoms with Crippen molar-refractivity contribution in [1.29, 1.82) is 0 Å². The number of nitrogens with one attached hydrogen (secondary N) is 1. The highest BCUT2D eigenvalue weighted by atomic mass is 16.6. The molecule has 0 saturated heterocycles. The number of amides is 1. The molecule has 6 nitrogen and oxygen atoms in total. The molecule has 0 atom stereocenters. The summed E-state index contributed by atoms with van der Waals surface area (Å²) in [6.45, 7) is 4.12. The number of fused-ring (bicyclic) bond motifs is 1. The van der Waals surface area contributed by atoms with Crippen molar-refractivity contribution in [3.05, 3.63) is 40.6 Å². The van der Waals surface area contributed by atoms with E-state index in [0.717, 1.165) is 18.2 Å². The average molecular weight is 289 g/mol. The van der Waals surface area contributed by atoms with Crippen LogP contribution in [0.1, 0.15) is 26.7 Å². The molecule has 2 aromatic rings. The summed E-state index contributed by atoms with van der Waals surface area (Å²) in [5, 5.41) is 14.8. The molecule has 1 aromatic carbocycles. The number of para-hydroxylation sites is 1. The monoisotopic (exact) mass is 289 g/mol. The Kier molecular flexibility index (Phi) is 4.57. The summed E-state index contributed by atoms with van der Waals surface area (Å²) in [5.74, 6) is -0.126. The van der Waals surface area contributed by atoms with Crippen LogP contribution in [0.2, 0.25) is 0 Å². The highest BCUT2D eigenvalue weighted by Crippen LogP contribution is 2.26. The number of carbonyl (C=O) groups excluding carboxylic acids is 1. The maximum Gasteiger partial charge on any atom is 0.293 e. The Balaban J connectivity index is 2.27. The zero-order valence-corrected chi connectivity index (χ0v) is 12.2. The molecule has 6 heteroatoms. The maximum absolute atomic E-state index is 12.1. The Morgan fingerprint density at radius 3 is 2.67 bits per heavy atom. The van der Waals surface area contributed by atoms with Crippen molar-refractivity contribution in [2.75, 3.05) is 0 Å². The zero-order chi connectivity index (χ0) is 15.4. The maximum atomic E-state index is 12.1. The van der Waals surface area contributed by atoms with Crippen LogP contribution >= 0.6 is 0 Å². The van der Waals surface area contributed by atoms with Gasteiger partial charge in [0.05, 0.1) is 4.92 Å². The first kappa shape index (κ1) is 15.0. The number of non-ortho nitro benzene ring substituents is 1. The van der Waals surface area contributed by atoms with Gasteiger partial charge in [0.15, 0.2) is 0 Å². The second kappa shape index (κ2) is 6.39. The van der Waals surface area contributed by atoms with Gasteiger partial charge in [-0.2, -0.15) is 0 Å². The van der Waals surface area contributed by atoms with Gasteiger partial charge in [0.2, 0.25) is 5.91 Å². The predicted octanol–water partition coefficient (Wildman–Crippen LogP) is 2.85. The number of rotatable bonds is 6. The third kappa shape index (κ3) is 3.21. The lowest BCUT2D eigenvalue weighted by molar-refractivity contribution is -0.383. The minimum Gasteiger partial charge on any atom is -0.352 e. The van der Waals surface area contributed by atoms with Crippen molar-refractivity contribution < 1.29 is 9.72 Å². The molecule has 0 aliphatic rings. The van der Waals surface area contributed by atoms with Crippen molar-refractivity contribution in [1.82, 2.24) is 9.88 Å². The first-order valence-corrected chi connectivity index (χ1v) is 7.08. The lowest BCUT2D eigenvalue weighted by Gasteiger charge is -2.15. The van der Waals surface area contributed by atoms with E-state index in [-0.39, 0.29) is 24.2 Å². The van der Waals surface area contributed by atoms with E-state index < -0.39 is 4.92 Å². The minimum atomic E-state index is -0.419. The molecule has 21 heavy (non-hydrogen) atoms. The highest BCUT2D eigenvalue weighted by Gasteiger charge is 2.17. The quantitative estimate of drug-likeness (QED) is 0.656. The van der Waals surface area contributed by atoms with Crippen LogP contribution < -0.4 is 5.32 Å². The molecule has 1 N–H and O–H groups in total. The topological polar surface area (TPSA) is 77.2 Å². The Morgan fingerprint density at radius 2 is 2.05 bits per heavy atom. The number of nitrogens with zero attached hydrogens (tertiary/aromatic N) is 2. The van der Waals surface area contributed by atoms with Crippen LogP contribution in [0.4, 0.5) is 5.69 Å². The van der Waals surface area contributed by atoms with E-state index in [1.54, 1.807) is 29.0 Å². The summed E-state index contributed by atoms with van der Waals surface area (Å²) < 4.78 is 1.63. The van der Waals surface area contributed by atoms with E-state index in [9.17, 15) is 14.9 Å².